The number of carbonyl (C=O) groups excluding carboxylic acids is 1. The van der Waals surface area contributed by atoms with Crippen molar-refractivity contribution in [1.29, 1.82) is 0 Å². The Kier molecular flexibility index (Phi) is 4.56. The highest BCUT2D eigenvalue weighted by Gasteiger charge is 2.26. The Morgan fingerprint density at radius 3 is 2.58 bits per heavy atom. The fourth-order valence-electron chi connectivity index (χ4n) is 2.48. The molecular formula is C15H22N2O2. The monoisotopic (exact) mass is 262 g/mol. The van der Waals surface area contributed by atoms with E-state index in [1.165, 1.54) is 0 Å². The van der Waals surface area contributed by atoms with E-state index in [1.807, 2.05) is 31.2 Å². The molecule has 0 radical (unpaired) electrons. The van der Waals surface area contributed by atoms with Crippen LogP contribution in [0.25, 0.3) is 0 Å². The third-order valence-corrected chi connectivity index (χ3v) is 3.78. The summed E-state index contributed by atoms with van der Waals surface area (Å²) in [6.45, 7) is 1.99. The SMILES string of the molecule is Cc1ccc(C(N)C(=O)N[C@@H]2CCCC[C@H]2O)cc1. The van der Waals surface area contributed by atoms with Crippen molar-refractivity contribution in [1.82, 2.24) is 5.32 Å². The van der Waals surface area contributed by atoms with Crippen LogP contribution < -0.4 is 11.1 Å². The van der Waals surface area contributed by atoms with Crippen molar-refractivity contribution in [2.45, 2.75) is 50.8 Å². The summed E-state index contributed by atoms with van der Waals surface area (Å²) in [5, 5.41) is 12.7. The van der Waals surface area contributed by atoms with Crippen molar-refractivity contribution >= 4 is 5.91 Å². The molecule has 0 aliphatic heterocycles. The van der Waals surface area contributed by atoms with Crippen molar-refractivity contribution < 1.29 is 9.90 Å². The summed E-state index contributed by atoms with van der Waals surface area (Å²) in [6.07, 6.45) is 3.21. The summed E-state index contributed by atoms with van der Waals surface area (Å²) >= 11 is 0. The standard InChI is InChI=1S/C15H22N2O2/c1-10-6-8-11(9-7-10)14(16)15(19)17-12-4-2-3-5-13(12)18/h6-9,12-14,18H,2-5,16H2,1H3,(H,17,19)/t12-,13-,14?/m1/s1. The zero-order valence-electron chi connectivity index (χ0n) is 11.3. The average molecular weight is 262 g/mol. The molecule has 3 atom stereocenters. The summed E-state index contributed by atoms with van der Waals surface area (Å²) in [5.41, 5.74) is 7.90. The number of nitrogens with one attached hydrogen (secondary N) is 1. The molecule has 1 saturated carbocycles. The largest absolute Gasteiger partial charge is 0.391 e. The first-order valence-electron chi connectivity index (χ1n) is 6.88. The van der Waals surface area contributed by atoms with E-state index in [9.17, 15) is 9.90 Å². The molecule has 0 bridgehead atoms. The van der Waals surface area contributed by atoms with Gasteiger partial charge in [0.25, 0.3) is 0 Å². The van der Waals surface area contributed by atoms with E-state index in [2.05, 4.69) is 5.32 Å². The minimum absolute atomic E-state index is 0.155. The molecule has 0 saturated heterocycles. The van der Waals surface area contributed by atoms with Crippen LogP contribution in [0.2, 0.25) is 0 Å². The Hall–Kier alpha value is -1.39. The van der Waals surface area contributed by atoms with Crippen LogP contribution in [0, 0.1) is 6.92 Å². The third-order valence-electron chi connectivity index (χ3n) is 3.78. The van der Waals surface area contributed by atoms with Crippen LogP contribution in [0.15, 0.2) is 24.3 Å². The third kappa shape index (κ3) is 3.55. The fourth-order valence-corrected chi connectivity index (χ4v) is 2.48. The highest BCUT2D eigenvalue weighted by molar-refractivity contribution is 5.83. The zero-order valence-corrected chi connectivity index (χ0v) is 11.3. The van der Waals surface area contributed by atoms with Gasteiger partial charge < -0.3 is 16.2 Å². The minimum Gasteiger partial charge on any atom is -0.391 e. The molecule has 1 aliphatic rings. The smallest absolute Gasteiger partial charge is 0.241 e. The van der Waals surface area contributed by atoms with Crippen LogP contribution in [0.1, 0.15) is 42.9 Å². The van der Waals surface area contributed by atoms with Gasteiger partial charge in [0.15, 0.2) is 0 Å². The van der Waals surface area contributed by atoms with E-state index in [-0.39, 0.29) is 11.9 Å². The van der Waals surface area contributed by atoms with Crippen molar-refractivity contribution in [2.75, 3.05) is 0 Å². The Bertz CT molecular complexity index is 430. The number of aryl methyl sites for hydroxylation is 1. The van der Waals surface area contributed by atoms with E-state index < -0.39 is 12.1 Å². The van der Waals surface area contributed by atoms with Crippen molar-refractivity contribution in [3.8, 4) is 0 Å². The van der Waals surface area contributed by atoms with E-state index in [0.29, 0.717) is 0 Å². The fraction of sp³-hybridized carbons (Fsp3) is 0.533. The van der Waals surface area contributed by atoms with Gasteiger partial charge in [-0.25, -0.2) is 0 Å². The first-order chi connectivity index (χ1) is 9.08. The molecule has 4 N–H and O–H groups in total. The van der Waals surface area contributed by atoms with Gasteiger partial charge in [-0.1, -0.05) is 42.7 Å². The second kappa shape index (κ2) is 6.17. The van der Waals surface area contributed by atoms with Crippen LogP contribution in [0.4, 0.5) is 0 Å². The molecule has 1 fully saturated rings. The molecule has 1 aromatic rings. The van der Waals surface area contributed by atoms with Crippen LogP contribution in [-0.2, 0) is 4.79 Å². The molecule has 1 amide bonds. The second-order valence-electron chi connectivity index (χ2n) is 5.36. The Labute approximate surface area is 114 Å². The number of hydrogen-bond acceptors (Lipinski definition) is 3. The van der Waals surface area contributed by atoms with Gasteiger partial charge in [-0.3, -0.25) is 4.79 Å². The van der Waals surface area contributed by atoms with Crippen LogP contribution in [0.3, 0.4) is 0 Å². The predicted octanol–water partition coefficient (Wildman–Crippen LogP) is 1.41. The van der Waals surface area contributed by atoms with Gasteiger partial charge in [-0.05, 0) is 25.3 Å². The quantitative estimate of drug-likeness (QED) is 0.771. The number of aliphatic hydroxyl groups excluding tert-OH is 1. The second-order valence-corrected chi connectivity index (χ2v) is 5.36. The molecule has 19 heavy (non-hydrogen) atoms. The lowest BCUT2D eigenvalue weighted by Crippen LogP contribution is -2.48. The Morgan fingerprint density at radius 1 is 1.32 bits per heavy atom. The van der Waals surface area contributed by atoms with Crippen LogP contribution >= 0.6 is 0 Å². The van der Waals surface area contributed by atoms with E-state index in [0.717, 1.165) is 36.8 Å². The predicted molar refractivity (Wildman–Crippen MR) is 74.5 cm³/mol. The molecule has 2 rings (SSSR count). The van der Waals surface area contributed by atoms with Crippen molar-refractivity contribution in [3.05, 3.63) is 35.4 Å². The molecule has 0 spiro atoms. The maximum absolute atomic E-state index is 12.1. The van der Waals surface area contributed by atoms with Gasteiger partial charge in [0.2, 0.25) is 5.91 Å². The van der Waals surface area contributed by atoms with E-state index >= 15 is 0 Å². The van der Waals surface area contributed by atoms with Crippen LogP contribution in [-0.4, -0.2) is 23.2 Å². The molecule has 1 unspecified atom stereocenters. The van der Waals surface area contributed by atoms with Crippen LogP contribution in [0.5, 0.6) is 0 Å². The van der Waals surface area contributed by atoms with Gasteiger partial charge in [-0.2, -0.15) is 0 Å². The lowest BCUT2D eigenvalue weighted by molar-refractivity contribution is -0.124. The Morgan fingerprint density at radius 2 is 1.95 bits per heavy atom. The lowest BCUT2D eigenvalue weighted by Gasteiger charge is -2.29. The molecule has 1 aromatic carbocycles. The number of hydrogen-bond donors (Lipinski definition) is 3. The summed E-state index contributed by atoms with van der Waals surface area (Å²) < 4.78 is 0. The molecule has 4 nitrogen and oxygen atoms in total. The van der Waals surface area contributed by atoms with Gasteiger partial charge in [0, 0.05) is 0 Å². The number of nitrogens with two attached hydrogens (primary N) is 1. The number of amides is 1. The number of benzene rings is 1. The molecule has 4 heteroatoms. The first kappa shape index (κ1) is 14.0. The average Bonchev–Trinajstić information content (AvgIpc) is 2.41. The van der Waals surface area contributed by atoms with Gasteiger partial charge >= 0.3 is 0 Å². The molecule has 0 heterocycles. The van der Waals surface area contributed by atoms with Gasteiger partial charge in [0.1, 0.15) is 6.04 Å². The lowest BCUT2D eigenvalue weighted by atomic mass is 9.92. The first-order valence-corrected chi connectivity index (χ1v) is 6.88. The number of rotatable bonds is 3. The summed E-state index contributed by atoms with van der Waals surface area (Å²) in [7, 11) is 0. The molecule has 1 aliphatic carbocycles. The van der Waals surface area contributed by atoms with E-state index in [1.54, 1.807) is 0 Å². The van der Waals surface area contributed by atoms with Gasteiger partial charge in [-0.15, -0.1) is 0 Å². The molecular weight excluding hydrogens is 240 g/mol. The number of carbonyl (C=O) groups is 1. The highest BCUT2D eigenvalue weighted by atomic mass is 16.3. The highest BCUT2D eigenvalue weighted by Crippen LogP contribution is 2.19. The summed E-state index contributed by atoms with van der Waals surface area (Å²) in [6, 6.07) is 6.80. The maximum atomic E-state index is 12.1. The summed E-state index contributed by atoms with van der Waals surface area (Å²) in [4.78, 5) is 12.1. The van der Waals surface area contributed by atoms with E-state index in [4.69, 9.17) is 5.73 Å². The van der Waals surface area contributed by atoms with Crippen molar-refractivity contribution in [2.24, 2.45) is 5.73 Å². The summed E-state index contributed by atoms with van der Waals surface area (Å²) in [5.74, 6) is -0.213. The topological polar surface area (TPSA) is 75.4 Å². The van der Waals surface area contributed by atoms with Crippen molar-refractivity contribution in [3.63, 3.8) is 0 Å². The zero-order chi connectivity index (χ0) is 13.8. The molecule has 0 aromatic heterocycles. The Balaban J connectivity index is 1.97. The molecule has 104 valence electrons. The minimum atomic E-state index is -0.672. The number of aliphatic hydroxyl groups is 1. The normalized spacial score (nSPS) is 24.8. The maximum Gasteiger partial charge on any atom is 0.241 e. The van der Waals surface area contributed by atoms with Gasteiger partial charge in [0.05, 0.1) is 12.1 Å².